The number of aryl methyl sites for hydroxylation is 1. The molecule has 0 atom stereocenters. The fourth-order valence-corrected chi connectivity index (χ4v) is 4.44. The average molecular weight is 403 g/mol. The van der Waals surface area contributed by atoms with Crippen molar-refractivity contribution in [3.05, 3.63) is 59.7 Å². The fraction of sp³-hybridized carbons (Fsp3) is 0.478. The monoisotopic (exact) mass is 402 g/mol. The highest BCUT2D eigenvalue weighted by molar-refractivity contribution is 7.89. The number of benzene rings is 2. The normalized spacial score (nSPS) is 11.6. The maximum Gasteiger partial charge on any atom is 0.242 e. The minimum Gasteiger partial charge on any atom is -0.398 e. The van der Waals surface area contributed by atoms with Crippen LogP contribution >= 0.6 is 0 Å². The average Bonchev–Trinajstić information content (AvgIpc) is 2.69. The van der Waals surface area contributed by atoms with E-state index < -0.39 is 10.0 Å². The van der Waals surface area contributed by atoms with Gasteiger partial charge < -0.3 is 5.73 Å². The van der Waals surface area contributed by atoms with E-state index in [1.54, 1.807) is 12.1 Å². The van der Waals surface area contributed by atoms with Gasteiger partial charge in [-0.3, -0.25) is 0 Å². The number of hydrogen-bond donors (Lipinski definition) is 2. The van der Waals surface area contributed by atoms with Crippen molar-refractivity contribution in [3.63, 3.8) is 0 Å². The van der Waals surface area contributed by atoms with Crippen molar-refractivity contribution in [3.8, 4) is 0 Å². The molecule has 0 aliphatic heterocycles. The van der Waals surface area contributed by atoms with Crippen LogP contribution in [-0.2, 0) is 23.0 Å². The van der Waals surface area contributed by atoms with Crippen LogP contribution in [0.3, 0.4) is 0 Å². The molecule has 3 N–H and O–H groups in total. The van der Waals surface area contributed by atoms with Gasteiger partial charge in [-0.05, 0) is 36.1 Å². The lowest BCUT2D eigenvalue weighted by Gasteiger charge is -2.11. The second-order valence-corrected chi connectivity index (χ2v) is 9.14. The number of sulfonamides is 1. The third-order valence-electron chi connectivity index (χ3n) is 4.99. The summed E-state index contributed by atoms with van der Waals surface area (Å²) in [4.78, 5) is 0.156. The quantitative estimate of drug-likeness (QED) is 0.346. The van der Waals surface area contributed by atoms with Gasteiger partial charge in [0.2, 0.25) is 10.0 Å². The fourth-order valence-electron chi connectivity index (χ4n) is 3.31. The Balaban J connectivity index is 1.80. The van der Waals surface area contributed by atoms with E-state index in [1.807, 2.05) is 36.4 Å². The second kappa shape index (κ2) is 11.9. The number of nitrogens with two attached hydrogens (primary N) is 1. The van der Waals surface area contributed by atoms with E-state index in [-0.39, 0.29) is 11.4 Å². The highest BCUT2D eigenvalue weighted by Gasteiger charge is 2.17. The van der Waals surface area contributed by atoms with Gasteiger partial charge in [-0.1, -0.05) is 88.3 Å². The maximum atomic E-state index is 12.6. The number of anilines is 1. The highest BCUT2D eigenvalue weighted by atomic mass is 32.2. The number of nitrogens with one attached hydrogen (secondary N) is 1. The van der Waals surface area contributed by atoms with Crippen molar-refractivity contribution in [2.45, 2.75) is 76.2 Å². The molecule has 0 heterocycles. The van der Waals surface area contributed by atoms with Crippen LogP contribution in [0.1, 0.15) is 69.4 Å². The van der Waals surface area contributed by atoms with Gasteiger partial charge in [-0.15, -0.1) is 0 Å². The lowest BCUT2D eigenvalue weighted by atomic mass is 10.0. The van der Waals surface area contributed by atoms with Crippen LogP contribution in [0.2, 0.25) is 0 Å². The van der Waals surface area contributed by atoms with Crippen LogP contribution < -0.4 is 10.5 Å². The summed E-state index contributed by atoms with van der Waals surface area (Å²) >= 11 is 0. The van der Waals surface area contributed by atoms with Gasteiger partial charge in [-0.25, -0.2) is 13.1 Å². The number of hydrogen-bond acceptors (Lipinski definition) is 3. The minimum atomic E-state index is -3.62. The molecular weight excluding hydrogens is 368 g/mol. The number of unbranched alkanes of at least 4 members (excludes halogenated alkanes) is 7. The molecule has 154 valence electrons. The Morgan fingerprint density at radius 2 is 1.46 bits per heavy atom. The summed E-state index contributed by atoms with van der Waals surface area (Å²) in [6.07, 6.45) is 11.2. The Morgan fingerprint density at radius 3 is 2.11 bits per heavy atom. The largest absolute Gasteiger partial charge is 0.398 e. The predicted molar refractivity (Wildman–Crippen MR) is 118 cm³/mol. The van der Waals surface area contributed by atoms with Gasteiger partial charge in [0, 0.05) is 6.54 Å². The summed E-state index contributed by atoms with van der Waals surface area (Å²) in [5, 5.41) is 0. The van der Waals surface area contributed by atoms with Crippen LogP contribution in [0.5, 0.6) is 0 Å². The summed E-state index contributed by atoms with van der Waals surface area (Å²) in [5.41, 5.74) is 8.39. The second-order valence-electron chi connectivity index (χ2n) is 7.41. The summed E-state index contributed by atoms with van der Waals surface area (Å²) in [7, 11) is -3.62. The molecule has 0 bridgehead atoms. The zero-order valence-corrected chi connectivity index (χ0v) is 17.8. The van der Waals surface area contributed by atoms with Crippen molar-refractivity contribution in [1.82, 2.24) is 4.72 Å². The van der Waals surface area contributed by atoms with Gasteiger partial charge in [0.05, 0.1) is 5.69 Å². The molecule has 0 amide bonds. The van der Waals surface area contributed by atoms with E-state index in [1.165, 1.54) is 44.9 Å². The molecule has 0 fully saturated rings. The van der Waals surface area contributed by atoms with Crippen LogP contribution in [0.15, 0.2) is 53.4 Å². The molecular formula is C23H34N2O2S. The van der Waals surface area contributed by atoms with Gasteiger partial charge >= 0.3 is 0 Å². The lowest BCUT2D eigenvalue weighted by molar-refractivity contribution is 0.575. The summed E-state index contributed by atoms with van der Waals surface area (Å²) in [5.74, 6) is 0. The third kappa shape index (κ3) is 7.64. The number of nitrogen functional groups attached to an aromatic ring is 1. The van der Waals surface area contributed by atoms with Gasteiger partial charge in [0.15, 0.2) is 0 Å². The molecule has 0 spiro atoms. The lowest BCUT2D eigenvalue weighted by Crippen LogP contribution is -2.24. The molecule has 0 aromatic heterocycles. The number of rotatable bonds is 13. The molecule has 0 aliphatic rings. The van der Waals surface area contributed by atoms with Crippen molar-refractivity contribution >= 4 is 15.7 Å². The Labute approximate surface area is 170 Å². The molecule has 0 unspecified atom stereocenters. The predicted octanol–water partition coefficient (Wildman–Crippen LogP) is 5.43. The molecule has 4 nitrogen and oxygen atoms in total. The smallest absolute Gasteiger partial charge is 0.242 e. The molecule has 0 radical (unpaired) electrons. The standard InChI is InChI=1S/C23H34N2O2S/c1-2-3-4-5-6-7-8-10-13-20-16-17-23(22(24)18-20)28(26,27)25-19-21-14-11-9-12-15-21/h9,11-12,14-18,25H,2-8,10,13,19,24H2,1H3. The van der Waals surface area contributed by atoms with Gasteiger partial charge in [-0.2, -0.15) is 0 Å². The molecule has 0 saturated carbocycles. The first kappa shape index (κ1) is 22.4. The Kier molecular flexibility index (Phi) is 9.51. The molecule has 5 heteroatoms. The van der Waals surface area contributed by atoms with E-state index in [9.17, 15) is 8.42 Å². The zero-order chi connectivity index (χ0) is 20.2. The van der Waals surface area contributed by atoms with E-state index in [4.69, 9.17) is 5.73 Å². The van der Waals surface area contributed by atoms with Crippen LogP contribution in [0, 0.1) is 0 Å². The summed E-state index contributed by atoms with van der Waals surface area (Å²) in [6.45, 7) is 2.49. The highest BCUT2D eigenvalue weighted by Crippen LogP contribution is 2.21. The van der Waals surface area contributed by atoms with Crippen molar-refractivity contribution in [1.29, 1.82) is 0 Å². The third-order valence-corrected chi connectivity index (χ3v) is 6.47. The van der Waals surface area contributed by atoms with E-state index in [0.717, 1.165) is 24.0 Å². The Bertz CT molecular complexity index is 805. The summed E-state index contributed by atoms with van der Waals surface area (Å²) < 4.78 is 27.7. The van der Waals surface area contributed by atoms with Crippen LogP contribution in [0.4, 0.5) is 5.69 Å². The van der Waals surface area contributed by atoms with Crippen LogP contribution in [-0.4, -0.2) is 8.42 Å². The van der Waals surface area contributed by atoms with Gasteiger partial charge in [0.1, 0.15) is 4.90 Å². The van der Waals surface area contributed by atoms with E-state index in [0.29, 0.717) is 5.69 Å². The van der Waals surface area contributed by atoms with Gasteiger partial charge in [0.25, 0.3) is 0 Å². The Hall–Kier alpha value is -1.85. The molecule has 0 saturated heterocycles. The van der Waals surface area contributed by atoms with Crippen molar-refractivity contribution in [2.24, 2.45) is 0 Å². The zero-order valence-electron chi connectivity index (χ0n) is 17.0. The topological polar surface area (TPSA) is 72.2 Å². The minimum absolute atomic E-state index is 0.156. The Morgan fingerprint density at radius 1 is 0.821 bits per heavy atom. The molecule has 2 aromatic carbocycles. The van der Waals surface area contributed by atoms with Crippen LogP contribution in [0.25, 0.3) is 0 Å². The molecule has 28 heavy (non-hydrogen) atoms. The molecule has 0 aliphatic carbocycles. The first-order valence-electron chi connectivity index (χ1n) is 10.4. The maximum absolute atomic E-state index is 12.6. The van der Waals surface area contributed by atoms with Crippen molar-refractivity contribution < 1.29 is 8.42 Å². The van der Waals surface area contributed by atoms with E-state index in [2.05, 4.69) is 11.6 Å². The first-order valence-corrected chi connectivity index (χ1v) is 11.9. The first-order chi connectivity index (χ1) is 13.5. The summed E-state index contributed by atoms with van der Waals surface area (Å²) in [6, 6.07) is 14.8. The SMILES string of the molecule is CCCCCCCCCCc1ccc(S(=O)(=O)NCc2ccccc2)c(N)c1. The molecule has 2 rings (SSSR count). The van der Waals surface area contributed by atoms with E-state index >= 15 is 0 Å². The molecule has 2 aromatic rings. The van der Waals surface area contributed by atoms with Crippen molar-refractivity contribution in [2.75, 3.05) is 5.73 Å².